The molecule has 0 saturated heterocycles. The molecule has 3 aromatic carbocycles. The average Bonchev–Trinajstić information content (AvgIpc) is 3.50. The third kappa shape index (κ3) is 6.07. The van der Waals surface area contributed by atoms with Crippen molar-refractivity contribution in [2.24, 2.45) is 0 Å². The lowest BCUT2D eigenvalue weighted by Gasteiger charge is -2.13. The Labute approximate surface area is 229 Å². The second-order valence-corrected chi connectivity index (χ2v) is 9.43. The Morgan fingerprint density at radius 3 is 2.16 bits per heavy atom. The van der Waals surface area contributed by atoms with E-state index in [1.165, 1.54) is 0 Å². The first-order valence-corrected chi connectivity index (χ1v) is 12.5. The number of carboxylic acid groups (broad SMARTS) is 2. The number of para-hydroxylation sites is 2. The van der Waals surface area contributed by atoms with Gasteiger partial charge >= 0.3 is 11.9 Å². The van der Waals surface area contributed by atoms with Gasteiger partial charge in [0.25, 0.3) is 0 Å². The number of hydrogen-bond donors (Lipinski definition) is 3. The summed E-state index contributed by atoms with van der Waals surface area (Å²) in [5.41, 5.74) is 3.86. The minimum Gasteiger partial charge on any atom is -0.481 e. The van der Waals surface area contributed by atoms with Gasteiger partial charge in [0.15, 0.2) is 0 Å². The second-order valence-electron chi connectivity index (χ2n) is 8.62. The number of anilines is 2. The Balaban J connectivity index is 0.000000177. The standard InChI is InChI=1S/C15H13NO3.C14H11Cl2NO2/c17-14(10-4-2-1-3-5-10)13-7-6-12-11(15(18)19)8-9-16(12)13;15-10-5-3-6-11(16)14(10)17-12-7-2-1-4-9(12)8-13(18)19/h1-7,11H,8-9H2,(H,18,19);1-7,17H,8H2,(H,18,19). The highest BCUT2D eigenvalue weighted by Gasteiger charge is 2.31. The lowest BCUT2D eigenvalue weighted by Crippen LogP contribution is -2.09. The maximum atomic E-state index is 12.4. The van der Waals surface area contributed by atoms with E-state index in [-0.39, 0.29) is 12.2 Å². The number of aliphatic carboxylic acids is 2. The largest absolute Gasteiger partial charge is 0.481 e. The van der Waals surface area contributed by atoms with Gasteiger partial charge in [-0.25, -0.2) is 0 Å². The van der Waals surface area contributed by atoms with Crippen molar-refractivity contribution in [1.29, 1.82) is 0 Å². The van der Waals surface area contributed by atoms with Gasteiger partial charge < -0.3 is 20.1 Å². The lowest BCUT2D eigenvalue weighted by atomic mass is 10.1. The molecule has 0 aliphatic carbocycles. The number of nitrogens with zero attached hydrogens (tertiary/aromatic N) is 1. The van der Waals surface area contributed by atoms with Crippen molar-refractivity contribution in [3.8, 4) is 0 Å². The average molecular weight is 551 g/mol. The van der Waals surface area contributed by atoms with Gasteiger partial charge in [0.05, 0.1) is 33.8 Å². The van der Waals surface area contributed by atoms with Crippen LogP contribution in [-0.4, -0.2) is 32.5 Å². The zero-order chi connectivity index (χ0) is 27.2. The van der Waals surface area contributed by atoms with Gasteiger partial charge in [-0.3, -0.25) is 14.4 Å². The van der Waals surface area contributed by atoms with Crippen LogP contribution in [0.1, 0.15) is 39.6 Å². The summed E-state index contributed by atoms with van der Waals surface area (Å²) in [6.45, 7) is 0.590. The molecule has 3 N–H and O–H groups in total. The van der Waals surface area contributed by atoms with Gasteiger partial charge in [0.2, 0.25) is 5.78 Å². The van der Waals surface area contributed by atoms with Crippen LogP contribution in [0.5, 0.6) is 0 Å². The summed E-state index contributed by atoms with van der Waals surface area (Å²) in [7, 11) is 0. The Bertz CT molecular complexity index is 1460. The van der Waals surface area contributed by atoms with Crippen molar-refractivity contribution in [2.75, 3.05) is 5.32 Å². The highest BCUT2D eigenvalue weighted by molar-refractivity contribution is 6.39. The van der Waals surface area contributed by atoms with Crippen LogP contribution in [0.2, 0.25) is 10.0 Å². The molecule has 0 amide bonds. The molecule has 38 heavy (non-hydrogen) atoms. The molecule has 2 heterocycles. The van der Waals surface area contributed by atoms with Crippen molar-refractivity contribution in [3.63, 3.8) is 0 Å². The number of nitrogens with one attached hydrogen (secondary N) is 1. The molecule has 0 bridgehead atoms. The number of hydrogen-bond acceptors (Lipinski definition) is 4. The lowest BCUT2D eigenvalue weighted by molar-refractivity contribution is -0.139. The second kappa shape index (κ2) is 12.0. The van der Waals surface area contributed by atoms with Crippen LogP contribution >= 0.6 is 23.2 Å². The third-order valence-electron chi connectivity index (χ3n) is 6.16. The van der Waals surface area contributed by atoms with Gasteiger partial charge in [-0.2, -0.15) is 0 Å². The molecule has 0 radical (unpaired) electrons. The molecule has 1 aliphatic rings. The Morgan fingerprint density at radius 1 is 0.842 bits per heavy atom. The van der Waals surface area contributed by atoms with E-state index in [4.69, 9.17) is 33.4 Å². The first-order chi connectivity index (χ1) is 18.3. The first kappa shape index (κ1) is 27.0. The summed E-state index contributed by atoms with van der Waals surface area (Å²) >= 11 is 12.1. The van der Waals surface area contributed by atoms with Gasteiger partial charge in [-0.05, 0) is 42.3 Å². The number of benzene rings is 3. The number of carbonyl (C=O) groups excluding carboxylic acids is 1. The topological polar surface area (TPSA) is 109 Å². The van der Waals surface area contributed by atoms with Crippen molar-refractivity contribution < 1.29 is 24.6 Å². The van der Waals surface area contributed by atoms with Gasteiger partial charge in [-0.1, -0.05) is 77.8 Å². The van der Waals surface area contributed by atoms with Crippen molar-refractivity contribution in [1.82, 2.24) is 4.57 Å². The summed E-state index contributed by atoms with van der Waals surface area (Å²) < 4.78 is 1.83. The van der Waals surface area contributed by atoms with Crippen LogP contribution in [0.25, 0.3) is 0 Å². The fourth-order valence-corrected chi connectivity index (χ4v) is 4.83. The van der Waals surface area contributed by atoms with E-state index in [0.717, 1.165) is 5.69 Å². The van der Waals surface area contributed by atoms with Crippen LogP contribution in [0.15, 0.2) is 84.9 Å². The molecule has 0 saturated carbocycles. The molecule has 1 atom stereocenters. The summed E-state index contributed by atoms with van der Waals surface area (Å²) in [5.74, 6) is -2.26. The fraction of sp³-hybridized carbons (Fsp3) is 0.138. The Hall–Kier alpha value is -4.07. The highest BCUT2D eigenvalue weighted by atomic mass is 35.5. The molecule has 1 unspecified atom stereocenters. The van der Waals surface area contributed by atoms with Crippen LogP contribution < -0.4 is 5.32 Å². The number of fused-ring (bicyclic) bond motifs is 1. The molecule has 7 nitrogen and oxygen atoms in total. The quantitative estimate of drug-likeness (QED) is 0.222. The minimum absolute atomic E-state index is 0.0575. The smallest absolute Gasteiger partial charge is 0.312 e. The molecule has 1 aromatic heterocycles. The zero-order valence-electron chi connectivity index (χ0n) is 20.1. The number of carbonyl (C=O) groups is 3. The first-order valence-electron chi connectivity index (χ1n) is 11.8. The molecule has 9 heteroatoms. The van der Waals surface area contributed by atoms with Crippen molar-refractivity contribution in [3.05, 3.63) is 117 Å². The zero-order valence-corrected chi connectivity index (χ0v) is 21.6. The normalized spacial score (nSPS) is 13.7. The monoisotopic (exact) mass is 550 g/mol. The molecule has 0 spiro atoms. The maximum Gasteiger partial charge on any atom is 0.312 e. The molecule has 194 valence electrons. The maximum absolute atomic E-state index is 12.4. The molecule has 0 fully saturated rings. The van der Waals surface area contributed by atoms with Crippen LogP contribution in [-0.2, 0) is 22.6 Å². The molecule has 5 rings (SSSR count). The van der Waals surface area contributed by atoms with Crippen molar-refractivity contribution in [2.45, 2.75) is 25.3 Å². The Morgan fingerprint density at radius 2 is 1.50 bits per heavy atom. The summed E-state index contributed by atoms with van der Waals surface area (Å²) in [4.78, 5) is 34.3. The Kier molecular flexibility index (Phi) is 8.51. The van der Waals surface area contributed by atoms with Crippen LogP contribution in [0.4, 0.5) is 11.4 Å². The van der Waals surface area contributed by atoms with E-state index < -0.39 is 17.9 Å². The number of ketones is 1. The van der Waals surface area contributed by atoms with E-state index in [0.29, 0.717) is 51.2 Å². The third-order valence-corrected chi connectivity index (χ3v) is 6.79. The van der Waals surface area contributed by atoms with Gasteiger partial charge in [-0.15, -0.1) is 0 Å². The highest BCUT2D eigenvalue weighted by Crippen LogP contribution is 2.34. The molecular formula is C29H24Cl2N2O5. The number of rotatable bonds is 7. The van der Waals surface area contributed by atoms with E-state index in [1.54, 1.807) is 60.7 Å². The SMILES string of the molecule is O=C(O)Cc1ccccc1Nc1c(Cl)cccc1Cl.O=C(c1ccccc1)c1ccc2n1CCC2C(=O)O. The summed E-state index contributed by atoms with van der Waals surface area (Å²) in [5, 5.41) is 22.1. The van der Waals surface area contributed by atoms with E-state index in [9.17, 15) is 14.4 Å². The van der Waals surface area contributed by atoms with Crippen LogP contribution in [0, 0.1) is 0 Å². The number of halogens is 2. The predicted molar refractivity (Wildman–Crippen MR) is 147 cm³/mol. The van der Waals surface area contributed by atoms with E-state index >= 15 is 0 Å². The summed E-state index contributed by atoms with van der Waals surface area (Å²) in [6.07, 6.45) is 0.492. The van der Waals surface area contributed by atoms with E-state index in [2.05, 4.69) is 5.32 Å². The van der Waals surface area contributed by atoms with Crippen LogP contribution in [0.3, 0.4) is 0 Å². The van der Waals surface area contributed by atoms with Gasteiger partial charge in [0, 0.05) is 23.5 Å². The summed E-state index contributed by atoms with van der Waals surface area (Å²) in [6, 6.07) is 24.8. The van der Waals surface area contributed by atoms with E-state index in [1.807, 2.05) is 28.8 Å². The predicted octanol–water partition coefficient (Wildman–Crippen LogP) is 6.66. The molecular weight excluding hydrogens is 527 g/mol. The fourth-order valence-electron chi connectivity index (χ4n) is 4.34. The minimum atomic E-state index is -0.889. The van der Waals surface area contributed by atoms with Crippen molar-refractivity contribution >= 4 is 52.3 Å². The molecule has 4 aromatic rings. The number of carboxylic acids is 2. The molecule has 1 aliphatic heterocycles. The number of aromatic nitrogens is 1. The van der Waals surface area contributed by atoms with Gasteiger partial charge in [0.1, 0.15) is 0 Å².